The van der Waals surface area contributed by atoms with Gasteiger partial charge >= 0.3 is 0 Å². The summed E-state index contributed by atoms with van der Waals surface area (Å²) in [6.45, 7) is 8.09. The van der Waals surface area contributed by atoms with E-state index in [1.807, 2.05) is 6.92 Å². The van der Waals surface area contributed by atoms with Gasteiger partial charge < -0.3 is 14.2 Å². The van der Waals surface area contributed by atoms with Crippen LogP contribution in [-0.2, 0) is 23.5 Å². The van der Waals surface area contributed by atoms with Crippen molar-refractivity contribution in [1.82, 2.24) is 24.9 Å². The van der Waals surface area contributed by atoms with E-state index < -0.39 is 0 Å². The molecule has 4 heterocycles. The molecule has 27 heavy (non-hydrogen) atoms. The quantitative estimate of drug-likeness (QED) is 0.665. The zero-order valence-corrected chi connectivity index (χ0v) is 17.0. The molecule has 0 N–H and O–H groups in total. The van der Waals surface area contributed by atoms with Crippen molar-refractivity contribution in [3.8, 4) is 0 Å². The number of anilines is 1. The first-order valence-electron chi connectivity index (χ1n) is 9.97. The van der Waals surface area contributed by atoms with E-state index in [0.717, 1.165) is 68.4 Å². The van der Waals surface area contributed by atoms with E-state index in [0.29, 0.717) is 11.6 Å². The number of hydrogen-bond acceptors (Lipinski definition) is 8. The van der Waals surface area contributed by atoms with Gasteiger partial charge in [-0.1, -0.05) is 30.8 Å². The molecule has 4 rings (SSSR count). The van der Waals surface area contributed by atoms with E-state index in [-0.39, 0.29) is 6.10 Å². The lowest BCUT2D eigenvalue weighted by Gasteiger charge is -2.31. The molecule has 0 amide bonds. The maximum atomic E-state index is 5.88. The molecule has 1 atom stereocenters. The highest BCUT2D eigenvalue weighted by Crippen LogP contribution is 2.29. The normalized spacial score (nSPS) is 21.3. The third-order valence-electron chi connectivity index (χ3n) is 5.33. The topological polar surface area (TPSA) is 82.1 Å². The summed E-state index contributed by atoms with van der Waals surface area (Å²) in [4.78, 5) is 6.76. The highest BCUT2D eigenvalue weighted by Gasteiger charge is 2.26. The molecule has 2 saturated heterocycles. The average molecular weight is 393 g/mol. The molecule has 2 aliphatic rings. The Hall–Kier alpha value is -1.61. The monoisotopic (exact) mass is 392 g/mol. The van der Waals surface area contributed by atoms with Crippen LogP contribution in [0.3, 0.4) is 0 Å². The molecule has 1 unspecified atom stereocenters. The molecule has 2 fully saturated rings. The van der Waals surface area contributed by atoms with Crippen LogP contribution in [0.2, 0.25) is 0 Å². The molecule has 2 aromatic rings. The first-order chi connectivity index (χ1) is 13.2. The molecular weight excluding hydrogens is 364 g/mol. The number of rotatable bonds is 7. The lowest BCUT2D eigenvalue weighted by molar-refractivity contribution is 0.0951. The standard InChI is InChI=1S/C18H28N6O2S/c1-3-15-19-16(26-22-15)12-27-18-21-20-17(23-8-6-13(2)7-9-23)24(18)11-14-5-4-10-25-14/h13-14H,3-12H2,1-2H3. The second-order valence-electron chi connectivity index (χ2n) is 7.44. The van der Waals surface area contributed by atoms with E-state index in [9.17, 15) is 0 Å². The van der Waals surface area contributed by atoms with Gasteiger partial charge in [0.1, 0.15) is 0 Å². The lowest BCUT2D eigenvalue weighted by Crippen LogP contribution is -2.35. The SMILES string of the molecule is CCc1noc(CSc2nnc(N3CCC(C)CC3)n2CC2CCCO2)n1. The van der Waals surface area contributed by atoms with E-state index in [1.165, 1.54) is 12.8 Å². The van der Waals surface area contributed by atoms with Gasteiger partial charge in [-0.2, -0.15) is 4.98 Å². The van der Waals surface area contributed by atoms with Gasteiger partial charge in [0.2, 0.25) is 11.8 Å². The predicted octanol–water partition coefficient (Wildman–Crippen LogP) is 2.93. The Morgan fingerprint density at radius 1 is 1.19 bits per heavy atom. The fraction of sp³-hybridized carbons (Fsp3) is 0.778. The first kappa shape index (κ1) is 18.7. The van der Waals surface area contributed by atoms with Gasteiger partial charge in [-0.15, -0.1) is 10.2 Å². The molecule has 2 aliphatic heterocycles. The summed E-state index contributed by atoms with van der Waals surface area (Å²) in [5.41, 5.74) is 0. The summed E-state index contributed by atoms with van der Waals surface area (Å²) in [5, 5.41) is 13.9. The Bertz CT molecular complexity index is 734. The number of ether oxygens (including phenoxy) is 1. The molecular formula is C18H28N6O2S. The van der Waals surface area contributed by atoms with Crippen molar-refractivity contribution >= 4 is 17.7 Å². The van der Waals surface area contributed by atoms with Crippen LogP contribution >= 0.6 is 11.8 Å². The minimum atomic E-state index is 0.248. The van der Waals surface area contributed by atoms with Gasteiger partial charge in [-0.05, 0) is 31.6 Å². The van der Waals surface area contributed by atoms with Crippen molar-refractivity contribution < 1.29 is 9.26 Å². The van der Waals surface area contributed by atoms with Crippen LogP contribution in [0.25, 0.3) is 0 Å². The molecule has 0 bridgehead atoms. The van der Waals surface area contributed by atoms with Gasteiger partial charge in [0.15, 0.2) is 11.0 Å². The van der Waals surface area contributed by atoms with Crippen LogP contribution in [0, 0.1) is 5.92 Å². The van der Waals surface area contributed by atoms with Crippen LogP contribution in [0.4, 0.5) is 5.95 Å². The maximum Gasteiger partial charge on any atom is 0.237 e. The van der Waals surface area contributed by atoms with Gasteiger partial charge in [-0.25, -0.2) is 0 Å². The molecule has 0 aromatic carbocycles. The third-order valence-corrected chi connectivity index (χ3v) is 6.28. The Balaban J connectivity index is 1.50. The van der Waals surface area contributed by atoms with Gasteiger partial charge in [-0.3, -0.25) is 4.57 Å². The fourth-order valence-electron chi connectivity index (χ4n) is 3.60. The van der Waals surface area contributed by atoms with Crippen molar-refractivity contribution in [3.63, 3.8) is 0 Å². The fourth-order valence-corrected chi connectivity index (χ4v) is 4.38. The maximum absolute atomic E-state index is 5.88. The van der Waals surface area contributed by atoms with Gasteiger partial charge in [0, 0.05) is 26.1 Å². The molecule has 9 heteroatoms. The summed E-state index contributed by atoms with van der Waals surface area (Å²) in [5.74, 6) is 3.74. The van der Waals surface area contributed by atoms with Gasteiger partial charge in [0.25, 0.3) is 0 Å². The van der Waals surface area contributed by atoms with Crippen molar-refractivity contribution in [2.45, 2.75) is 69.5 Å². The summed E-state index contributed by atoms with van der Waals surface area (Å²) >= 11 is 1.60. The molecule has 8 nitrogen and oxygen atoms in total. The molecule has 148 valence electrons. The third kappa shape index (κ3) is 4.45. The summed E-state index contributed by atoms with van der Waals surface area (Å²) in [7, 11) is 0. The Labute approximate surface area is 164 Å². The molecule has 0 spiro atoms. The second kappa shape index (κ2) is 8.60. The van der Waals surface area contributed by atoms with Gasteiger partial charge in [0.05, 0.1) is 18.4 Å². The largest absolute Gasteiger partial charge is 0.376 e. The van der Waals surface area contributed by atoms with E-state index >= 15 is 0 Å². The van der Waals surface area contributed by atoms with Crippen LogP contribution in [0.15, 0.2) is 9.68 Å². The number of nitrogens with zero attached hydrogens (tertiary/aromatic N) is 6. The average Bonchev–Trinajstić information content (AvgIpc) is 3.42. The number of aromatic nitrogens is 5. The first-order valence-corrected chi connectivity index (χ1v) is 11.0. The smallest absolute Gasteiger partial charge is 0.237 e. The molecule has 0 radical (unpaired) electrons. The molecule has 2 aromatic heterocycles. The second-order valence-corrected chi connectivity index (χ2v) is 8.39. The molecule has 0 saturated carbocycles. The van der Waals surface area contributed by atoms with Crippen molar-refractivity contribution in [1.29, 1.82) is 0 Å². The Kier molecular flexibility index (Phi) is 5.97. The van der Waals surface area contributed by atoms with Crippen LogP contribution < -0.4 is 4.90 Å². The lowest BCUT2D eigenvalue weighted by atomic mass is 10.00. The van der Waals surface area contributed by atoms with E-state index in [1.54, 1.807) is 11.8 Å². The summed E-state index contributed by atoms with van der Waals surface area (Å²) in [6.07, 6.45) is 5.67. The number of hydrogen-bond donors (Lipinski definition) is 0. The van der Waals surface area contributed by atoms with Crippen molar-refractivity contribution in [2.75, 3.05) is 24.6 Å². The van der Waals surface area contributed by atoms with Crippen LogP contribution in [-0.4, -0.2) is 50.7 Å². The molecule has 0 aliphatic carbocycles. The summed E-state index contributed by atoms with van der Waals surface area (Å²) < 4.78 is 13.4. The highest BCUT2D eigenvalue weighted by atomic mass is 32.2. The van der Waals surface area contributed by atoms with Crippen molar-refractivity contribution in [3.05, 3.63) is 11.7 Å². The number of thioether (sulfide) groups is 1. The number of aryl methyl sites for hydroxylation is 1. The van der Waals surface area contributed by atoms with Crippen LogP contribution in [0.5, 0.6) is 0 Å². The Morgan fingerprint density at radius 2 is 2.04 bits per heavy atom. The number of piperidine rings is 1. The van der Waals surface area contributed by atoms with E-state index in [2.05, 4.69) is 36.7 Å². The minimum Gasteiger partial charge on any atom is -0.376 e. The zero-order valence-electron chi connectivity index (χ0n) is 16.1. The zero-order chi connectivity index (χ0) is 18.6. The summed E-state index contributed by atoms with van der Waals surface area (Å²) in [6, 6.07) is 0. The highest BCUT2D eigenvalue weighted by molar-refractivity contribution is 7.98. The van der Waals surface area contributed by atoms with E-state index in [4.69, 9.17) is 9.26 Å². The predicted molar refractivity (Wildman–Crippen MR) is 103 cm³/mol. The Morgan fingerprint density at radius 3 is 2.74 bits per heavy atom. The van der Waals surface area contributed by atoms with Crippen LogP contribution in [0.1, 0.15) is 51.2 Å². The minimum absolute atomic E-state index is 0.248. The van der Waals surface area contributed by atoms with Crippen molar-refractivity contribution in [2.24, 2.45) is 5.92 Å².